The summed E-state index contributed by atoms with van der Waals surface area (Å²) in [7, 11) is 4.71. The number of hydrogen-bond donors (Lipinski definition) is 1. The summed E-state index contributed by atoms with van der Waals surface area (Å²) in [5, 5.41) is 2.76. The van der Waals surface area contributed by atoms with Crippen LogP contribution in [0.3, 0.4) is 0 Å². The van der Waals surface area contributed by atoms with Crippen LogP contribution < -0.4 is 19.5 Å². The smallest absolute Gasteiger partial charge is 0.407 e. The number of halogens is 1. The van der Waals surface area contributed by atoms with E-state index in [4.69, 9.17) is 18.9 Å². The zero-order valence-electron chi connectivity index (χ0n) is 11.6. The first-order chi connectivity index (χ1) is 9.19. The van der Waals surface area contributed by atoms with E-state index in [1.165, 1.54) is 0 Å². The minimum absolute atomic E-state index is 0. The number of carbonyl (C=O) groups excluding carboxylic acids is 1. The van der Waals surface area contributed by atoms with Crippen LogP contribution in [0.4, 0.5) is 4.79 Å². The van der Waals surface area contributed by atoms with Crippen molar-refractivity contribution >= 4 is 18.5 Å². The topological polar surface area (TPSA) is 66.0 Å². The standard InChI is InChI=1S/C13H17NO5.ClH/c1-16-8-6-10(17-2)12(11(7-8)18-3)9-4-5-19-13(15)14-9;/h6-7,9H,4-5H2,1-3H3,(H,14,15);1H/t9-;/m1./s1. The molecule has 1 fully saturated rings. The predicted octanol–water partition coefficient (Wildman–Crippen LogP) is 2.31. The number of ether oxygens (including phenoxy) is 4. The Morgan fingerprint density at radius 1 is 1.15 bits per heavy atom. The lowest BCUT2D eigenvalue weighted by atomic mass is 10.0. The van der Waals surface area contributed by atoms with Crippen molar-refractivity contribution in [2.45, 2.75) is 12.5 Å². The second-order valence-electron chi connectivity index (χ2n) is 4.07. The Morgan fingerprint density at radius 3 is 2.20 bits per heavy atom. The second-order valence-corrected chi connectivity index (χ2v) is 4.07. The molecule has 1 heterocycles. The average Bonchev–Trinajstić information content (AvgIpc) is 2.45. The molecule has 112 valence electrons. The molecule has 0 radical (unpaired) electrons. The molecule has 0 unspecified atom stereocenters. The van der Waals surface area contributed by atoms with E-state index in [-0.39, 0.29) is 18.4 Å². The third-order valence-electron chi connectivity index (χ3n) is 3.03. The number of carbonyl (C=O) groups is 1. The van der Waals surface area contributed by atoms with Crippen molar-refractivity contribution in [3.05, 3.63) is 17.7 Å². The summed E-state index contributed by atoms with van der Waals surface area (Å²) in [6, 6.07) is 3.33. The molecule has 7 heteroatoms. The Bertz CT molecular complexity index is 455. The second kappa shape index (κ2) is 7.09. The lowest BCUT2D eigenvalue weighted by Crippen LogP contribution is -2.35. The van der Waals surface area contributed by atoms with Crippen LogP contribution in [0.1, 0.15) is 18.0 Å². The van der Waals surface area contributed by atoms with Gasteiger partial charge >= 0.3 is 6.09 Å². The highest BCUT2D eigenvalue weighted by Gasteiger charge is 2.27. The third-order valence-corrected chi connectivity index (χ3v) is 3.03. The molecule has 1 aromatic rings. The molecule has 1 N–H and O–H groups in total. The van der Waals surface area contributed by atoms with Crippen LogP contribution in [0, 0.1) is 0 Å². The Labute approximate surface area is 123 Å². The van der Waals surface area contributed by atoms with Crippen LogP contribution in [0.5, 0.6) is 17.2 Å². The number of hydrogen-bond acceptors (Lipinski definition) is 5. The Kier molecular flexibility index (Phi) is 5.76. The fraction of sp³-hybridized carbons (Fsp3) is 0.462. The van der Waals surface area contributed by atoms with Gasteiger partial charge in [-0.1, -0.05) is 0 Å². The van der Waals surface area contributed by atoms with Crippen LogP contribution in [-0.4, -0.2) is 34.0 Å². The highest BCUT2D eigenvalue weighted by atomic mass is 35.5. The quantitative estimate of drug-likeness (QED) is 0.924. The molecule has 1 aliphatic rings. The Balaban J connectivity index is 0.00000200. The molecule has 1 aliphatic heterocycles. The highest BCUT2D eigenvalue weighted by Crippen LogP contribution is 2.40. The van der Waals surface area contributed by atoms with Gasteiger partial charge in [0.25, 0.3) is 0 Å². The van der Waals surface area contributed by atoms with Gasteiger partial charge in [0, 0.05) is 18.6 Å². The number of rotatable bonds is 4. The van der Waals surface area contributed by atoms with Gasteiger partial charge in [-0.15, -0.1) is 12.4 Å². The summed E-state index contributed by atoms with van der Waals surface area (Å²) in [6.07, 6.45) is 0.223. The largest absolute Gasteiger partial charge is 0.496 e. The molecule has 0 spiro atoms. The van der Waals surface area contributed by atoms with Crippen LogP contribution in [0.2, 0.25) is 0 Å². The van der Waals surface area contributed by atoms with E-state index in [0.29, 0.717) is 30.3 Å². The molecule has 0 aliphatic carbocycles. The van der Waals surface area contributed by atoms with Gasteiger partial charge in [-0.25, -0.2) is 4.79 Å². The molecule has 1 atom stereocenters. The fourth-order valence-corrected chi connectivity index (χ4v) is 2.12. The van der Waals surface area contributed by atoms with Gasteiger partial charge in [-0.2, -0.15) is 0 Å². The minimum Gasteiger partial charge on any atom is -0.496 e. The van der Waals surface area contributed by atoms with Gasteiger partial charge in [-0.3, -0.25) is 0 Å². The SMILES string of the molecule is COc1cc(OC)c([C@H]2CCOC(=O)N2)c(OC)c1.Cl. The fourth-order valence-electron chi connectivity index (χ4n) is 2.12. The number of methoxy groups -OCH3 is 3. The van der Waals surface area contributed by atoms with E-state index >= 15 is 0 Å². The van der Waals surface area contributed by atoms with E-state index in [2.05, 4.69) is 5.32 Å². The Morgan fingerprint density at radius 2 is 1.75 bits per heavy atom. The van der Waals surface area contributed by atoms with E-state index < -0.39 is 6.09 Å². The maximum atomic E-state index is 11.3. The molecule has 1 amide bonds. The van der Waals surface area contributed by atoms with E-state index in [1.54, 1.807) is 33.5 Å². The van der Waals surface area contributed by atoms with Crippen molar-refractivity contribution in [3.63, 3.8) is 0 Å². The Hall–Kier alpha value is -1.82. The van der Waals surface area contributed by atoms with Crippen molar-refractivity contribution in [2.75, 3.05) is 27.9 Å². The summed E-state index contributed by atoms with van der Waals surface area (Å²) in [4.78, 5) is 11.3. The zero-order valence-corrected chi connectivity index (χ0v) is 12.4. The van der Waals surface area contributed by atoms with E-state index in [9.17, 15) is 4.79 Å². The molecule has 2 rings (SSSR count). The normalized spacial score (nSPS) is 17.4. The summed E-state index contributed by atoms with van der Waals surface area (Å²) in [5.41, 5.74) is 0.794. The zero-order chi connectivity index (χ0) is 13.8. The summed E-state index contributed by atoms with van der Waals surface area (Å²) in [5.74, 6) is 1.86. The van der Waals surface area contributed by atoms with Crippen molar-refractivity contribution in [1.82, 2.24) is 5.32 Å². The van der Waals surface area contributed by atoms with Gasteiger partial charge in [0.1, 0.15) is 17.2 Å². The molecular weight excluding hydrogens is 286 g/mol. The highest BCUT2D eigenvalue weighted by molar-refractivity contribution is 5.85. The van der Waals surface area contributed by atoms with E-state index in [0.717, 1.165) is 5.56 Å². The molecule has 0 bridgehead atoms. The maximum absolute atomic E-state index is 11.3. The van der Waals surface area contributed by atoms with Crippen LogP contribution in [-0.2, 0) is 4.74 Å². The van der Waals surface area contributed by atoms with E-state index in [1.807, 2.05) is 0 Å². The van der Waals surface area contributed by atoms with Crippen LogP contribution in [0.15, 0.2) is 12.1 Å². The number of nitrogens with one attached hydrogen (secondary N) is 1. The molecule has 6 nitrogen and oxygen atoms in total. The number of benzene rings is 1. The molecule has 20 heavy (non-hydrogen) atoms. The lowest BCUT2D eigenvalue weighted by molar-refractivity contribution is 0.114. The molecule has 0 aromatic heterocycles. The summed E-state index contributed by atoms with van der Waals surface area (Å²) >= 11 is 0. The first-order valence-electron chi connectivity index (χ1n) is 5.92. The van der Waals surface area contributed by atoms with Crippen molar-refractivity contribution in [1.29, 1.82) is 0 Å². The monoisotopic (exact) mass is 303 g/mol. The number of amides is 1. The van der Waals surface area contributed by atoms with Crippen molar-refractivity contribution < 1.29 is 23.7 Å². The summed E-state index contributed by atoms with van der Waals surface area (Å²) < 4.78 is 20.8. The van der Waals surface area contributed by atoms with Crippen LogP contribution in [0.25, 0.3) is 0 Å². The molecule has 1 aromatic carbocycles. The minimum atomic E-state index is -0.434. The van der Waals surface area contributed by atoms with Gasteiger partial charge in [0.15, 0.2) is 0 Å². The molecular formula is C13H18ClNO5. The average molecular weight is 304 g/mol. The summed E-state index contributed by atoms with van der Waals surface area (Å²) in [6.45, 7) is 0.370. The van der Waals surface area contributed by atoms with Crippen molar-refractivity contribution in [3.8, 4) is 17.2 Å². The van der Waals surface area contributed by atoms with Gasteiger partial charge < -0.3 is 24.3 Å². The number of alkyl carbamates (subject to hydrolysis) is 1. The predicted molar refractivity (Wildman–Crippen MR) is 75.2 cm³/mol. The van der Waals surface area contributed by atoms with Gasteiger partial charge in [0.2, 0.25) is 0 Å². The molecule has 0 saturated carbocycles. The van der Waals surface area contributed by atoms with Crippen LogP contribution >= 0.6 is 12.4 Å². The first-order valence-corrected chi connectivity index (χ1v) is 5.92. The van der Waals surface area contributed by atoms with Gasteiger partial charge in [-0.05, 0) is 0 Å². The number of cyclic esters (lactones) is 1. The first kappa shape index (κ1) is 16.2. The van der Waals surface area contributed by atoms with Crippen molar-refractivity contribution in [2.24, 2.45) is 0 Å². The van der Waals surface area contributed by atoms with Gasteiger partial charge in [0.05, 0.1) is 39.5 Å². The lowest BCUT2D eigenvalue weighted by Gasteiger charge is -2.26. The molecule has 1 saturated heterocycles. The third kappa shape index (κ3) is 3.19. The maximum Gasteiger partial charge on any atom is 0.407 e.